The quantitative estimate of drug-likeness (QED) is 0.479. The fraction of sp³-hybridized carbons (Fsp3) is 0.462. The molecule has 1 amide bonds. The van der Waals surface area contributed by atoms with Gasteiger partial charge in [0.1, 0.15) is 0 Å². The number of rotatable bonds is 8. The Hall–Kier alpha value is -2.90. The molecule has 176 valence electrons. The summed E-state index contributed by atoms with van der Waals surface area (Å²) in [5.74, 6) is 1.05. The van der Waals surface area contributed by atoms with Crippen molar-refractivity contribution >= 4 is 11.9 Å². The van der Waals surface area contributed by atoms with E-state index in [-0.39, 0.29) is 5.91 Å². The minimum atomic E-state index is 0.266. The second-order valence-corrected chi connectivity index (χ2v) is 8.67. The molecular formula is C26H35N5O2. The Balaban J connectivity index is 1.26. The molecule has 2 heterocycles. The Kier molecular flexibility index (Phi) is 8.33. The van der Waals surface area contributed by atoms with Crippen LogP contribution >= 0.6 is 0 Å². The van der Waals surface area contributed by atoms with Crippen LogP contribution in [0.4, 0.5) is 0 Å². The normalized spacial score (nSPS) is 17.4. The molecule has 0 radical (unpaired) electrons. The second kappa shape index (κ2) is 11.8. The van der Waals surface area contributed by atoms with E-state index in [0.717, 1.165) is 58.3 Å². The predicted molar refractivity (Wildman–Crippen MR) is 131 cm³/mol. The molecule has 2 aromatic rings. The molecule has 7 heteroatoms. The maximum absolute atomic E-state index is 11.8. The van der Waals surface area contributed by atoms with Crippen molar-refractivity contribution in [2.75, 3.05) is 39.9 Å². The van der Waals surface area contributed by atoms with Gasteiger partial charge < -0.3 is 20.3 Å². The average Bonchev–Trinajstić information content (AvgIpc) is 3.26. The number of carbonyl (C=O) groups is 1. The van der Waals surface area contributed by atoms with E-state index in [0.29, 0.717) is 19.5 Å². The third kappa shape index (κ3) is 6.79. The van der Waals surface area contributed by atoms with Gasteiger partial charge in [0.15, 0.2) is 5.96 Å². The van der Waals surface area contributed by atoms with E-state index in [4.69, 9.17) is 4.74 Å². The van der Waals surface area contributed by atoms with Crippen LogP contribution in [0, 0.1) is 0 Å². The maximum Gasteiger partial charge on any atom is 0.222 e. The molecule has 2 fully saturated rings. The van der Waals surface area contributed by atoms with Gasteiger partial charge in [-0.3, -0.25) is 14.7 Å². The zero-order valence-electron chi connectivity index (χ0n) is 19.6. The third-order valence-corrected chi connectivity index (χ3v) is 6.31. The Morgan fingerprint density at radius 3 is 2.30 bits per heavy atom. The van der Waals surface area contributed by atoms with Gasteiger partial charge in [0, 0.05) is 59.3 Å². The highest BCUT2D eigenvalue weighted by atomic mass is 16.5. The maximum atomic E-state index is 11.8. The number of aliphatic imine (C=N–C) groups is 1. The van der Waals surface area contributed by atoms with Crippen molar-refractivity contribution in [3.63, 3.8) is 0 Å². The van der Waals surface area contributed by atoms with E-state index in [1.165, 1.54) is 22.3 Å². The van der Waals surface area contributed by atoms with Crippen molar-refractivity contribution in [3.05, 3.63) is 70.8 Å². The summed E-state index contributed by atoms with van der Waals surface area (Å²) in [6.45, 7) is 7.54. The molecule has 0 spiro atoms. The lowest BCUT2D eigenvalue weighted by Crippen LogP contribution is -2.37. The van der Waals surface area contributed by atoms with Gasteiger partial charge in [-0.1, -0.05) is 48.5 Å². The summed E-state index contributed by atoms with van der Waals surface area (Å²) in [6, 6.07) is 17.0. The average molecular weight is 450 g/mol. The van der Waals surface area contributed by atoms with Gasteiger partial charge in [-0.25, -0.2) is 0 Å². The van der Waals surface area contributed by atoms with Crippen LogP contribution in [0.2, 0.25) is 0 Å². The molecule has 0 aliphatic carbocycles. The first-order chi connectivity index (χ1) is 16.2. The molecular weight excluding hydrogens is 414 g/mol. The number of ether oxygens (including phenoxy) is 1. The summed E-state index contributed by atoms with van der Waals surface area (Å²) in [5, 5.41) is 6.85. The zero-order chi connectivity index (χ0) is 22.9. The lowest BCUT2D eigenvalue weighted by atomic mass is 10.1. The van der Waals surface area contributed by atoms with Gasteiger partial charge in [0.05, 0.1) is 13.2 Å². The van der Waals surface area contributed by atoms with Crippen LogP contribution in [0.3, 0.4) is 0 Å². The number of hydrogen-bond donors (Lipinski definition) is 2. The minimum absolute atomic E-state index is 0.266. The summed E-state index contributed by atoms with van der Waals surface area (Å²) >= 11 is 0. The number of nitrogens with one attached hydrogen (secondary N) is 2. The largest absolute Gasteiger partial charge is 0.379 e. The highest BCUT2D eigenvalue weighted by molar-refractivity contribution is 5.79. The number of carbonyl (C=O) groups excluding carboxylic acids is 1. The second-order valence-electron chi connectivity index (χ2n) is 8.67. The topological polar surface area (TPSA) is 69.2 Å². The van der Waals surface area contributed by atoms with E-state index in [9.17, 15) is 4.79 Å². The van der Waals surface area contributed by atoms with Crippen LogP contribution < -0.4 is 10.6 Å². The molecule has 2 aliphatic heterocycles. The van der Waals surface area contributed by atoms with Gasteiger partial charge >= 0.3 is 0 Å². The lowest BCUT2D eigenvalue weighted by Gasteiger charge is -2.27. The van der Waals surface area contributed by atoms with Crippen LogP contribution in [-0.4, -0.2) is 61.6 Å². The van der Waals surface area contributed by atoms with Crippen LogP contribution in [-0.2, 0) is 35.7 Å². The van der Waals surface area contributed by atoms with E-state index >= 15 is 0 Å². The van der Waals surface area contributed by atoms with Gasteiger partial charge in [0.25, 0.3) is 0 Å². The molecule has 2 N–H and O–H groups in total. The summed E-state index contributed by atoms with van der Waals surface area (Å²) in [6.07, 6.45) is 1.66. The lowest BCUT2D eigenvalue weighted by molar-refractivity contribution is -0.128. The smallest absolute Gasteiger partial charge is 0.222 e. The number of hydrogen-bond acceptors (Lipinski definition) is 4. The standard InChI is InChI=1S/C26H35N5O2/c1-27-26(28-17-21-8-10-22(11-9-21)19-31-12-4-7-25(31)32)29-18-23-5-2-3-6-24(23)20-30-13-15-33-16-14-30/h2-3,5-6,8-11H,4,7,12-20H2,1H3,(H2,27,28,29). The molecule has 4 rings (SSSR count). The van der Waals surface area contributed by atoms with Crippen molar-refractivity contribution in [2.45, 2.75) is 39.0 Å². The highest BCUT2D eigenvalue weighted by Crippen LogP contribution is 2.15. The summed E-state index contributed by atoms with van der Waals surface area (Å²) in [4.78, 5) is 20.6. The number of nitrogens with zero attached hydrogens (tertiary/aromatic N) is 3. The fourth-order valence-corrected chi connectivity index (χ4v) is 4.32. The Labute approximate surface area is 196 Å². The summed E-state index contributed by atoms with van der Waals surface area (Å²) in [7, 11) is 1.80. The van der Waals surface area contributed by atoms with Crippen molar-refractivity contribution in [1.82, 2.24) is 20.4 Å². The van der Waals surface area contributed by atoms with Gasteiger partial charge in [0.2, 0.25) is 5.91 Å². The van der Waals surface area contributed by atoms with E-state index in [1.54, 1.807) is 7.05 Å². The fourth-order valence-electron chi connectivity index (χ4n) is 4.32. The molecule has 0 unspecified atom stereocenters. The third-order valence-electron chi connectivity index (χ3n) is 6.31. The van der Waals surface area contributed by atoms with Gasteiger partial charge in [-0.05, 0) is 28.7 Å². The first-order valence-corrected chi connectivity index (χ1v) is 11.9. The summed E-state index contributed by atoms with van der Waals surface area (Å²) < 4.78 is 5.47. The molecule has 33 heavy (non-hydrogen) atoms. The zero-order valence-corrected chi connectivity index (χ0v) is 19.6. The molecule has 2 saturated heterocycles. The van der Waals surface area contributed by atoms with Crippen LogP contribution in [0.25, 0.3) is 0 Å². The Bertz CT molecular complexity index is 938. The molecule has 0 aromatic heterocycles. The SMILES string of the molecule is CN=C(NCc1ccc(CN2CCCC2=O)cc1)NCc1ccccc1CN1CCOCC1. The minimum Gasteiger partial charge on any atom is -0.379 e. The molecule has 2 aromatic carbocycles. The van der Waals surface area contributed by atoms with Crippen molar-refractivity contribution in [1.29, 1.82) is 0 Å². The van der Waals surface area contributed by atoms with E-state index in [1.807, 2.05) is 4.90 Å². The molecule has 7 nitrogen and oxygen atoms in total. The molecule has 0 atom stereocenters. The molecule has 0 bridgehead atoms. The van der Waals surface area contributed by atoms with E-state index < -0.39 is 0 Å². The monoisotopic (exact) mass is 449 g/mol. The molecule has 0 saturated carbocycles. The number of likely N-dealkylation sites (tertiary alicyclic amines) is 1. The van der Waals surface area contributed by atoms with Crippen LogP contribution in [0.5, 0.6) is 0 Å². The van der Waals surface area contributed by atoms with Crippen LogP contribution in [0.1, 0.15) is 35.1 Å². The number of guanidine groups is 1. The van der Waals surface area contributed by atoms with Crippen molar-refractivity contribution < 1.29 is 9.53 Å². The van der Waals surface area contributed by atoms with Gasteiger partial charge in [-0.2, -0.15) is 0 Å². The van der Waals surface area contributed by atoms with Gasteiger partial charge in [-0.15, -0.1) is 0 Å². The first-order valence-electron chi connectivity index (χ1n) is 11.9. The van der Waals surface area contributed by atoms with Crippen molar-refractivity contribution in [3.8, 4) is 0 Å². The Morgan fingerprint density at radius 2 is 1.61 bits per heavy atom. The highest BCUT2D eigenvalue weighted by Gasteiger charge is 2.19. The number of morpholine rings is 1. The summed E-state index contributed by atoms with van der Waals surface area (Å²) in [5.41, 5.74) is 4.98. The first kappa shape index (κ1) is 23.3. The van der Waals surface area contributed by atoms with E-state index in [2.05, 4.69) is 69.1 Å². The Morgan fingerprint density at radius 1 is 0.909 bits per heavy atom. The predicted octanol–water partition coefficient (Wildman–Crippen LogP) is 2.51. The molecule has 2 aliphatic rings. The number of amides is 1. The van der Waals surface area contributed by atoms with Crippen LogP contribution in [0.15, 0.2) is 53.5 Å². The van der Waals surface area contributed by atoms with Crippen molar-refractivity contribution in [2.24, 2.45) is 4.99 Å². The number of benzene rings is 2.